The SMILES string of the molecule is Cc1ccc(C)c(OCC(O)CNCCOCCO)c1. The van der Waals surface area contributed by atoms with Crippen molar-refractivity contribution in [2.75, 3.05) is 39.5 Å². The Bertz CT molecular complexity index is 384. The number of rotatable bonds is 10. The summed E-state index contributed by atoms with van der Waals surface area (Å²) in [5, 5.41) is 21.4. The summed E-state index contributed by atoms with van der Waals surface area (Å²) >= 11 is 0. The van der Waals surface area contributed by atoms with Gasteiger partial charge in [-0.3, -0.25) is 0 Å². The minimum absolute atomic E-state index is 0.0340. The second-order valence-corrected chi connectivity index (χ2v) is 4.77. The summed E-state index contributed by atoms with van der Waals surface area (Å²) in [5.74, 6) is 0.815. The molecule has 0 aromatic heterocycles. The average Bonchev–Trinajstić information content (AvgIpc) is 2.43. The highest BCUT2D eigenvalue weighted by Crippen LogP contribution is 2.19. The predicted molar refractivity (Wildman–Crippen MR) is 78.2 cm³/mol. The molecule has 0 aliphatic rings. The van der Waals surface area contributed by atoms with Crippen LogP contribution >= 0.6 is 0 Å². The van der Waals surface area contributed by atoms with Gasteiger partial charge in [-0.2, -0.15) is 0 Å². The molecule has 1 unspecified atom stereocenters. The van der Waals surface area contributed by atoms with E-state index in [1.165, 1.54) is 0 Å². The van der Waals surface area contributed by atoms with E-state index in [1.54, 1.807) is 0 Å². The third kappa shape index (κ3) is 6.86. The number of aliphatic hydroxyl groups is 2. The van der Waals surface area contributed by atoms with Crippen molar-refractivity contribution in [3.8, 4) is 5.75 Å². The molecule has 0 spiro atoms. The number of hydrogen-bond donors (Lipinski definition) is 3. The molecule has 0 aliphatic carbocycles. The molecule has 1 atom stereocenters. The fourth-order valence-corrected chi connectivity index (χ4v) is 1.69. The van der Waals surface area contributed by atoms with Crippen LogP contribution in [-0.2, 0) is 4.74 Å². The maximum atomic E-state index is 9.81. The van der Waals surface area contributed by atoms with Gasteiger partial charge in [0.05, 0.1) is 19.8 Å². The smallest absolute Gasteiger partial charge is 0.122 e. The van der Waals surface area contributed by atoms with Crippen molar-refractivity contribution < 1.29 is 19.7 Å². The highest BCUT2D eigenvalue weighted by molar-refractivity contribution is 5.35. The van der Waals surface area contributed by atoms with Crippen molar-refractivity contribution in [3.05, 3.63) is 29.3 Å². The molecule has 5 heteroatoms. The van der Waals surface area contributed by atoms with E-state index in [-0.39, 0.29) is 13.2 Å². The van der Waals surface area contributed by atoms with Crippen LogP contribution in [0.3, 0.4) is 0 Å². The first-order valence-electron chi connectivity index (χ1n) is 6.91. The van der Waals surface area contributed by atoms with Crippen LogP contribution in [0, 0.1) is 13.8 Å². The molecule has 0 radical (unpaired) electrons. The number of ether oxygens (including phenoxy) is 2. The normalized spacial score (nSPS) is 12.4. The first kappa shape index (κ1) is 16.9. The fourth-order valence-electron chi connectivity index (χ4n) is 1.69. The molecular weight excluding hydrogens is 258 g/mol. The highest BCUT2D eigenvalue weighted by Gasteiger charge is 2.06. The summed E-state index contributed by atoms with van der Waals surface area (Å²) in [6, 6.07) is 6.01. The van der Waals surface area contributed by atoms with E-state index in [1.807, 2.05) is 32.0 Å². The third-order valence-corrected chi connectivity index (χ3v) is 2.81. The van der Waals surface area contributed by atoms with Crippen molar-refractivity contribution >= 4 is 0 Å². The van der Waals surface area contributed by atoms with Gasteiger partial charge in [0.15, 0.2) is 0 Å². The average molecular weight is 283 g/mol. The van der Waals surface area contributed by atoms with E-state index < -0.39 is 6.10 Å². The minimum atomic E-state index is -0.562. The molecule has 1 rings (SSSR count). The van der Waals surface area contributed by atoms with Crippen LogP contribution in [0.2, 0.25) is 0 Å². The zero-order chi connectivity index (χ0) is 14.8. The topological polar surface area (TPSA) is 71.0 Å². The molecule has 0 aliphatic heterocycles. The Morgan fingerprint density at radius 3 is 2.80 bits per heavy atom. The summed E-state index contributed by atoms with van der Waals surface area (Å²) in [4.78, 5) is 0. The summed E-state index contributed by atoms with van der Waals surface area (Å²) < 4.78 is 10.7. The van der Waals surface area contributed by atoms with E-state index in [0.29, 0.717) is 26.3 Å². The predicted octanol–water partition coefficient (Wildman–Crippen LogP) is 0.642. The number of nitrogens with one attached hydrogen (secondary N) is 1. The molecule has 3 N–H and O–H groups in total. The Balaban J connectivity index is 2.16. The van der Waals surface area contributed by atoms with Crippen molar-refractivity contribution in [2.45, 2.75) is 20.0 Å². The van der Waals surface area contributed by atoms with Gasteiger partial charge >= 0.3 is 0 Å². The summed E-state index contributed by atoms with van der Waals surface area (Å²) in [6.07, 6.45) is -0.562. The summed E-state index contributed by atoms with van der Waals surface area (Å²) in [7, 11) is 0. The quantitative estimate of drug-likeness (QED) is 0.550. The van der Waals surface area contributed by atoms with E-state index >= 15 is 0 Å². The van der Waals surface area contributed by atoms with Crippen molar-refractivity contribution in [3.63, 3.8) is 0 Å². The Kier molecular flexibility index (Phi) is 8.22. The number of hydrogen-bond acceptors (Lipinski definition) is 5. The number of aryl methyl sites for hydroxylation is 2. The molecule has 0 saturated heterocycles. The third-order valence-electron chi connectivity index (χ3n) is 2.81. The van der Waals surface area contributed by atoms with Gasteiger partial charge in [-0.1, -0.05) is 12.1 Å². The van der Waals surface area contributed by atoms with Gasteiger partial charge in [0.2, 0.25) is 0 Å². The molecule has 20 heavy (non-hydrogen) atoms. The monoisotopic (exact) mass is 283 g/mol. The van der Waals surface area contributed by atoms with Crippen LogP contribution in [0.4, 0.5) is 0 Å². The molecule has 0 bridgehead atoms. The zero-order valence-electron chi connectivity index (χ0n) is 12.3. The van der Waals surface area contributed by atoms with E-state index in [9.17, 15) is 5.11 Å². The Hall–Kier alpha value is -1.14. The molecule has 0 saturated carbocycles. The lowest BCUT2D eigenvalue weighted by Crippen LogP contribution is -2.33. The maximum absolute atomic E-state index is 9.81. The van der Waals surface area contributed by atoms with Gasteiger partial charge in [-0.25, -0.2) is 0 Å². The number of aliphatic hydroxyl groups excluding tert-OH is 2. The second-order valence-electron chi connectivity index (χ2n) is 4.77. The van der Waals surface area contributed by atoms with Gasteiger partial charge in [0.25, 0.3) is 0 Å². The largest absolute Gasteiger partial charge is 0.491 e. The van der Waals surface area contributed by atoms with Crippen molar-refractivity contribution in [1.29, 1.82) is 0 Å². The fraction of sp³-hybridized carbons (Fsp3) is 0.600. The van der Waals surface area contributed by atoms with Crippen LogP contribution in [0.25, 0.3) is 0 Å². The van der Waals surface area contributed by atoms with Crippen molar-refractivity contribution in [2.24, 2.45) is 0 Å². The van der Waals surface area contributed by atoms with Crippen LogP contribution in [0.15, 0.2) is 18.2 Å². The highest BCUT2D eigenvalue weighted by atomic mass is 16.5. The zero-order valence-corrected chi connectivity index (χ0v) is 12.3. The van der Waals surface area contributed by atoms with E-state index in [0.717, 1.165) is 16.9 Å². The lowest BCUT2D eigenvalue weighted by Gasteiger charge is -2.15. The van der Waals surface area contributed by atoms with Gasteiger partial charge in [0.1, 0.15) is 18.5 Å². The van der Waals surface area contributed by atoms with E-state index in [4.69, 9.17) is 14.6 Å². The van der Waals surface area contributed by atoms with Crippen LogP contribution in [0.1, 0.15) is 11.1 Å². The lowest BCUT2D eigenvalue weighted by atomic mass is 10.1. The summed E-state index contributed by atoms with van der Waals surface area (Å²) in [5.41, 5.74) is 2.20. The van der Waals surface area contributed by atoms with Gasteiger partial charge in [-0.15, -0.1) is 0 Å². The molecule has 1 aromatic rings. The molecule has 5 nitrogen and oxygen atoms in total. The maximum Gasteiger partial charge on any atom is 0.122 e. The van der Waals surface area contributed by atoms with Gasteiger partial charge < -0.3 is 25.0 Å². The molecule has 114 valence electrons. The Morgan fingerprint density at radius 1 is 1.25 bits per heavy atom. The molecule has 0 heterocycles. The Morgan fingerprint density at radius 2 is 2.05 bits per heavy atom. The van der Waals surface area contributed by atoms with Crippen LogP contribution in [-0.4, -0.2) is 55.8 Å². The van der Waals surface area contributed by atoms with Gasteiger partial charge in [-0.05, 0) is 31.0 Å². The minimum Gasteiger partial charge on any atom is -0.491 e. The van der Waals surface area contributed by atoms with Crippen LogP contribution < -0.4 is 10.1 Å². The van der Waals surface area contributed by atoms with E-state index in [2.05, 4.69) is 5.32 Å². The molecule has 0 fully saturated rings. The molecule has 1 aromatic carbocycles. The van der Waals surface area contributed by atoms with Gasteiger partial charge in [0, 0.05) is 13.1 Å². The molecular formula is C15H25NO4. The summed E-state index contributed by atoms with van der Waals surface area (Å²) in [6.45, 7) is 6.24. The standard InChI is InChI=1S/C15H25NO4/c1-12-3-4-13(2)15(9-12)20-11-14(18)10-16-5-7-19-8-6-17/h3-4,9,14,16-18H,5-8,10-11H2,1-2H3. The second kappa shape index (κ2) is 9.72. The van der Waals surface area contributed by atoms with Crippen LogP contribution in [0.5, 0.6) is 5.75 Å². The molecule has 0 amide bonds. The number of benzene rings is 1. The lowest BCUT2D eigenvalue weighted by molar-refractivity contribution is 0.0841. The Labute approximate surface area is 120 Å². The van der Waals surface area contributed by atoms with Crippen molar-refractivity contribution in [1.82, 2.24) is 5.32 Å². The first-order chi connectivity index (χ1) is 9.63. The first-order valence-corrected chi connectivity index (χ1v) is 6.91.